The van der Waals surface area contributed by atoms with Crippen LogP contribution in [0.2, 0.25) is 0 Å². The highest BCUT2D eigenvalue weighted by atomic mass is 19.4. The molecule has 0 aromatic carbocycles. The molecule has 0 spiro atoms. The van der Waals surface area contributed by atoms with E-state index in [1.54, 1.807) is 7.05 Å². The van der Waals surface area contributed by atoms with Crippen molar-refractivity contribution in [1.29, 1.82) is 0 Å². The van der Waals surface area contributed by atoms with E-state index in [1.165, 1.54) is 6.07 Å². The second-order valence-corrected chi connectivity index (χ2v) is 5.26. The Kier molecular flexibility index (Phi) is 5.23. The Balaban J connectivity index is 1.88. The van der Waals surface area contributed by atoms with Crippen molar-refractivity contribution in [3.05, 3.63) is 23.9 Å². The molecule has 0 bridgehead atoms. The number of aromatic nitrogens is 1. The summed E-state index contributed by atoms with van der Waals surface area (Å²) in [6, 6.07) is 2.54. The zero-order chi connectivity index (χ0) is 16.2. The minimum Gasteiger partial charge on any atom is -0.356 e. The molecule has 2 heterocycles. The molecular formula is C14H19F3N4O. The number of nitrogens with one attached hydrogen (secondary N) is 2. The summed E-state index contributed by atoms with van der Waals surface area (Å²) in [6.07, 6.45) is -2.01. The molecule has 1 amide bonds. The maximum absolute atomic E-state index is 12.5. The molecule has 1 aromatic heterocycles. The molecule has 1 saturated heterocycles. The number of piperidine rings is 1. The Morgan fingerprint density at radius 1 is 1.36 bits per heavy atom. The van der Waals surface area contributed by atoms with Crippen molar-refractivity contribution >= 4 is 11.7 Å². The van der Waals surface area contributed by atoms with Gasteiger partial charge in [0.15, 0.2) is 0 Å². The van der Waals surface area contributed by atoms with Crippen molar-refractivity contribution in [2.75, 3.05) is 31.6 Å². The predicted octanol–water partition coefficient (Wildman–Crippen LogP) is 1.40. The fourth-order valence-electron chi connectivity index (χ4n) is 2.43. The number of hydrogen-bond donors (Lipinski definition) is 2. The van der Waals surface area contributed by atoms with Crippen LogP contribution in [0.1, 0.15) is 18.4 Å². The number of halogens is 3. The topological polar surface area (TPSA) is 57.3 Å². The highest BCUT2D eigenvalue weighted by Crippen LogP contribution is 2.29. The van der Waals surface area contributed by atoms with E-state index in [4.69, 9.17) is 0 Å². The van der Waals surface area contributed by atoms with Crippen LogP contribution in [0.4, 0.5) is 19.0 Å². The van der Waals surface area contributed by atoms with Crippen molar-refractivity contribution in [1.82, 2.24) is 15.6 Å². The first kappa shape index (κ1) is 16.5. The van der Waals surface area contributed by atoms with Gasteiger partial charge in [0, 0.05) is 25.3 Å². The number of rotatable bonds is 4. The third kappa shape index (κ3) is 4.33. The monoisotopic (exact) mass is 316 g/mol. The predicted molar refractivity (Wildman–Crippen MR) is 76.5 cm³/mol. The van der Waals surface area contributed by atoms with Crippen LogP contribution in [0.15, 0.2) is 18.3 Å². The van der Waals surface area contributed by atoms with E-state index in [1.807, 2.05) is 4.90 Å². The summed E-state index contributed by atoms with van der Waals surface area (Å²) in [5.74, 6) is 0.488. The molecule has 0 aliphatic carbocycles. The Hall–Kier alpha value is -1.83. The minimum atomic E-state index is -4.36. The smallest absolute Gasteiger partial charge is 0.356 e. The van der Waals surface area contributed by atoms with Crippen molar-refractivity contribution in [3.63, 3.8) is 0 Å². The van der Waals surface area contributed by atoms with Gasteiger partial charge in [0.1, 0.15) is 5.82 Å². The quantitative estimate of drug-likeness (QED) is 0.882. The van der Waals surface area contributed by atoms with Crippen LogP contribution in [-0.2, 0) is 11.0 Å². The van der Waals surface area contributed by atoms with Crippen LogP contribution < -0.4 is 15.5 Å². The van der Waals surface area contributed by atoms with Gasteiger partial charge in [-0.1, -0.05) is 0 Å². The van der Waals surface area contributed by atoms with Crippen molar-refractivity contribution in [3.8, 4) is 0 Å². The molecule has 0 atom stereocenters. The van der Waals surface area contributed by atoms with Gasteiger partial charge in [0.25, 0.3) is 0 Å². The lowest BCUT2D eigenvalue weighted by Gasteiger charge is -2.33. The molecule has 2 rings (SSSR count). The number of alkyl halides is 3. The SMILES string of the molecule is CNCC(=O)NC1CCN(c2ccc(C(F)(F)F)cn2)CC1. The highest BCUT2D eigenvalue weighted by Gasteiger charge is 2.31. The second kappa shape index (κ2) is 6.95. The van der Waals surface area contributed by atoms with Crippen LogP contribution in [0.3, 0.4) is 0 Å². The Bertz CT molecular complexity index is 496. The van der Waals surface area contributed by atoms with Crippen molar-refractivity contribution in [2.45, 2.75) is 25.1 Å². The molecule has 8 heteroatoms. The Morgan fingerprint density at radius 3 is 2.55 bits per heavy atom. The maximum Gasteiger partial charge on any atom is 0.417 e. The molecule has 1 fully saturated rings. The lowest BCUT2D eigenvalue weighted by Crippen LogP contribution is -2.46. The number of pyridine rings is 1. The van der Waals surface area contributed by atoms with E-state index < -0.39 is 11.7 Å². The molecule has 0 unspecified atom stereocenters. The summed E-state index contributed by atoms with van der Waals surface area (Å²) in [4.78, 5) is 17.3. The van der Waals surface area contributed by atoms with Gasteiger partial charge in [0.2, 0.25) is 5.91 Å². The zero-order valence-corrected chi connectivity index (χ0v) is 12.3. The number of carbonyl (C=O) groups excluding carboxylic acids is 1. The molecule has 122 valence electrons. The third-order valence-electron chi connectivity index (χ3n) is 3.60. The molecule has 1 aliphatic rings. The molecule has 2 N–H and O–H groups in total. The average molecular weight is 316 g/mol. The second-order valence-electron chi connectivity index (χ2n) is 5.26. The first-order chi connectivity index (χ1) is 10.4. The molecule has 0 saturated carbocycles. The Morgan fingerprint density at radius 2 is 2.05 bits per heavy atom. The lowest BCUT2D eigenvalue weighted by atomic mass is 10.0. The first-order valence-corrected chi connectivity index (χ1v) is 7.12. The molecule has 5 nitrogen and oxygen atoms in total. The van der Waals surface area contributed by atoms with Gasteiger partial charge >= 0.3 is 6.18 Å². The number of nitrogens with zero attached hydrogens (tertiary/aromatic N) is 2. The lowest BCUT2D eigenvalue weighted by molar-refractivity contribution is -0.137. The van der Waals surface area contributed by atoms with Crippen molar-refractivity contribution < 1.29 is 18.0 Å². The summed E-state index contributed by atoms with van der Waals surface area (Å²) in [6.45, 7) is 1.59. The summed E-state index contributed by atoms with van der Waals surface area (Å²) in [7, 11) is 1.71. The largest absolute Gasteiger partial charge is 0.417 e. The summed E-state index contributed by atoms with van der Waals surface area (Å²) in [5, 5.41) is 5.71. The van der Waals surface area contributed by atoms with Gasteiger partial charge in [-0.2, -0.15) is 13.2 Å². The number of anilines is 1. The fourth-order valence-corrected chi connectivity index (χ4v) is 2.43. The normalized spacial score (nSPS) is 16.6. The number of amides is 1. The van der Waals surface area contributed by atoms with Crippen LogP contribution in [0.25, 0.3) is 0 Å². The van der Waals surface area contributed by atoms with Gasteiger partial charge < -0.3 is 15.5 Å². The summed E-state index contributed by atoms with van der Waals surface area (Å²) in [5.41, 5.74) is -0.745. The van der Waals surface area contributed by atoms with E-state index in [2.05, 4.69) is 15.6 Å². The van der Waals surface area contributed by atoms with E-state index >= 15 is 0 Å². The first-order valence-electron chi connectivity index (χ1n) is 7.12. The molecule has 22 heavy (non-hydrogen) atoms. The van der Waals surface area contributed by atoms with Crippen LogP contribution in [0.5, 0.6) is 0 Å². The molecule has 1 aliphatic heterocycles. The number of hydrogen-bond acceptors (Lipinski definition) is 4. The third-order valence-corrected chi connectivity index (χ3v) is 3.60. The number of carbonyl (C=O) groups is 1. The van der Waals surface area contributed by atoms with Crippen molar-refractivity contribution in [2.24, 2.45) is 0 Å². The van der Waals surface area contributed by atoms with Gasteiger partial charge in [-0.15, -0.1) is 0 Å². The van der Waals surface area contributed by atoms with E-state index in [0.717, 1.165) is 25.1 Å². The van der Waals surface area contributed by atoms with Gasteiger partial charge in [-0.25, -0.2) is 4.98 Å². The van der Waals surface area contributed by atoms with Crippen LogP contribution >= 0.6 is 0 Å². The molecule has 1 aromatic rings. The minimum absolute atomic E-state index is 0.0476. The van der Waals surface area contributed by atoms with E-state index in [9.17, 15) is 18.0 Å². The number of likely N-dealkylation sites (N-methyl/N-ethyl adjacent to an activating group) is 1. The van der Waals surface area contributed by atoms with E-state index in [0.29, 0.717) is 18.9 Å². The highest BCUT2D eigenvalue weighted by molar-refractivity contribution is 5.78. The van der Waals surface area contributed by atoms with Crippen LogP contribution in [0, 0.1) is 0 Å². The van der Waals surface area contributed by atoms with Crippen LogP contribution in [-0.4, -0.2) is 43.6 Å². The summed E-state index contributed by atoms with van der Waals surface area (Å²) >= 11 is 0. The average Bonchev–Trinajstić information content (AvgIpc) is 2.47. The Labute approximate surface area is 126 Å². The standard InChI is InChI=1S/C14H19F3N4O/c1-18-9-13(22)20-11-4-6-21(7-5-11)12-3-2-10(8-19-12)14(15,16)17/h2-3,8,11,18H,4-7,9H2,1H3,(H,20,22). The molecular weight excluding hydrogens is 297 g/mol. The zero-order valence-electron chi connectivity index (χ0n) is 12.3. The van der Waals surface area contributed by atoms with Gasteiger partial charge in [-0.05, 0) is 32.0 Å². The fraction of sp³-hybridized carbons (Fsp3) is 0.571. The molecule has 0 radical (unpaired) electrons. The van der Waals surface area contributed by atoms with Gasteiger partial charge in [-0.3, -0.25) is 4.79 Å². The van der Waals surface area contributed by atoms with Gasteiger partial charge in [0.05, 0.1) is 12.1 Å². The maximum atomic E-state index is 12.5. The van der Waals surface area contributed by atoms with E-state index in [-0.39, 0.29) is 18.5 Å². The summed E-state index contributed by atoms with van der Waals surface area (Å²) < 4.78 is 37.5.